The number of esters is 1. The summed E-state index contributed by atoms with van der Waals surface area (Å²) < 4.78 is 25.2. The van der Waals surface area contributed by atoms with Crippen molar-refractivity contribution in [2.45, 2.75) is 32.7 Å². The van der Waals surface area contributed by atoms with Crippen molar-refractivity contribution in [2.24, 2.45) is 11.7 Å². The highest BCUT2D eigenvalue weighted by Crippen LogP contribution is 2.36. The van der Waals surface area contributed by atoms with E-state index in [9.17, 15) is 24.3 Å². The molecule has 0 heterocycles. The van der Waals surface area contributed by atoms with Gasteiger partial charge in [-0.1, -0.05) is 31.2 Å². The maximum absolute atomic E-state index is 12.3. The van der Waals surface area contributed by atoms with Crippen molar-refractivity contribution in [3.8, 4) is 11.5 Å². The molecule has 0 aliphatic carbocycles. The molecule has 1 unspecified atom stereocenters. The summed E-state index contributed by atoms with van der Waals surface area (Å²) in [6.07, 6.45) is -2.09. The Bertz CT molecular complexity index is 1060. The third-order valence-electron chi connectivity index (χ3n) is 5.04. The molecule has 0 spiro atoms. The summed E-state index contributed by atoms with van der Waals surface area (Å²) in [6, 6.07) is 11.0. The van der Waals surface area contributed by atoms with Crippen LogP contribution in [0.1, 0.15) is 42.6 Å². The summed E-state index contributed by atoms with van der Waals surface area (Å²) in [4.78, 5) is 47.9. The second-order valence-corrected chi connectivity index (χ2v) is 7.61. The second-order valence-electron chi connectivity index (χ2n) is 7.61. The highest BCUT2D eigenvalue weighted by molar-refractivity contribution is 5.89. The number of benzene rings is 2. The molecule has 3 N–H and O–H groups in total. The van der Waals surface area contributed by atoms with Crippen molar-refractivity contribution in [2.75, 3.05) is 19.8 Å². The fourth-order valence-electron chi connectivity index (χ4n) is 3.38. The minimum absolute atomic E-state index is 0. The maximum Gasteiger partial charge on any atom is 0.513 e. The number of halogens is 1. The van der Waals surface area contributed by atoms with Crippen LogP contribution >= 0.6 is 12.4 Å². The molecule has 0 aliphatic rings. The fraction of sp³-hybridized carbons (Fsp3) is 0.360. The molecule has 0 bridgehead atoms. The number of carboxylic acid groups (broad SMARTS) is 1. The van der Waals surface area contributed by atoms with Gasteiger partial charge >= 0.3 is 24.2 Å². The number of nitrogens with two attached hydrogens (primary N) is 1. The first kappa shape index (κ1) is 31.2. The molecule has 2 rings (SSSR count). The van der Waals surface area contributed by atoms with Gasteiger partial charge in [0.15, 0.2) is 11.5 Å². The van der Waals surface area contributed by atoms with E-state index in [1.54, 1.807) is 51.1 Å². The van der Waals surface area contributed by atoms with Crippen LogP contribution in [0.3, 0.4) is 0 Å². The highest BCUT2D eigenvalue weighted by atomic mass is 35.5. The molecular formula is C25H30ClNO10. The van der Waals surface area contributed by atoms with E-state index in [0.717, 1.165) is 0 Å². The van der Waals surface area contributed by atoms with Crippen LogP contribution in [0, 0.1) is 5.92 Å². The van der Waals surface area contributed by atoms with Gasteiger partial charge in [-0.25, -0.2) is 14.4 Å². The number of carbonyl (C=O) groups excluding carboxylic acids is 3. The number of carboxylic acids is 1. The lowest BCUT2D eigenvalue weighted by atomic mass is 9.82. The standard InChI is InChI=1S/C25H29NO10.ClH/c1-4-32-24(30)35-18-12-11-17(13-19(18)36-25(31)33-5-2)20(21(26)22(27)28)15(3)14-34-23(29)16-9-7-6-8-10-16;/h6-13,15,20-21H,4-5,14,26H2,1-3H3,(H,27,28);1H/t15-,20?,21-;/m0./s1. The topological polar surface area (TPSA) is 161 Å². The number of rotatable bonds is 11. The molecule has 0 aliphatic heterocycles. The minimum Gasteiger partial charge on any atom is -0.480 e. The van der Waals surface area contributed by atoms with Crippen LogP contribution in [0.2, 0.25) is 0 Å². The maximum atomic E-state index is 12.3. The van der Waals surface area contributed by atoms with Crippen LogP contribution in [0.4, 0.5) is 9.59 Å². The number of carbonyl (C=O) groups is 4. The van der Waals surface area contributed by atoms with Gasteiger partial charge in [-0.2, -0.15) is 0 Å². The molecule has 0 aromatic heterocycles. The number of ether oxygens (including phenoxy) is 5. The Morgan fingerprint density at radius 3 is 1.97 bits per heavy atom. The molecule has 0 saturated carbocycles. The predicted molar refractivity (Wildman–Crippen MR) is 133 cm³/mol. The first-order valence-corrected chi connectivity index (χ1v) is 11.2. The van der Waals surface area contributed by atoms with Crippen molar-refractivity contribution >= 4 is 36.7 Å². The van der Waals surface area contributed by atoms with Crippen molar-refractivity contribution in [3.63, 3.8) is 0 Å². The summed E-state index contributed by atoms with van der Waals surface area (Å²) >= 11 is 0. The quantitative estimate of drug-likeness (QED) is 0.239. The van der Waals surface area contributed by atoms with Gasteiger partial charge in [-0.15, -0.1) is 12.4 Å². The number of aliphatic carboxylic acids is 1. The van der Waals surface area contributed by atoms with Gasteiger partial charge < -0.3 is 34.5 Å². The van der Waals surface area contributed by atoms with Crippen molar-refractivity contribution in [1.82, 2.24) is 0 Å². The molecule has 3 atom stereocenters. The van der Waals surface area contributed by atoms with Crippen molar-refractivity contribution < 1.29 is 48.0 Å². The van der Waals surface area contributed by atoms with E-state index in [1.165, 1.54) is 18.2 Å². The van der Waals surface area contributed by atoms with Gasteiger partial charge in [0.25, 0.3) is 0 Å². The van der Waals surface area contributed by atoms with E-state index >= 15 is 0 Å². The molecule has 0 amide bonds. The Morgan fingerprint density at radius 2 is 1.43 bits per heavy atom. The molecule has 11 nitrogen and oxygen atoms in total. The monoisotopic (exact) mass is 539 g/mol. The Labute approximate surface area is 220 Å². The van der Waals surface area contributed by atoms with Crippen LogP contribution < -0.4 is 15.2 Å². The van der Waals surface area contributed by atoms with Crippen LogP contribution in [0.25, 0.3) is 0 Å². The van der Waals surface area contributed by atoms with Gasteiger partial charge in [-0.3, -0.25) is 4.79 Å². The minimum atomic E-state index is -1.40. The average molecular weight is 540 g/mol. The van der Waals surface area contributed by atoms with Crippen molar-refractivity contribution in [1.29, 1.82) is 0 Å². The molecule has 0 radical (unpaired) electrons. The number of hydrogen-bond donors (Lipinski definition) is 2. The fourth-order valence-corrected chi connectivity index (χ4v) is 3.38. The van der Waals surface area contributed by atoms with Gasteiger partial charge in [-0.05, 0) is 49.6 Å². The average Bonchev–Trinajstić information content (AvgIpc) is 2.84. The highest BCUT2D eigenvalue weighted by Gasteiger charge is 2.33. The van der Waals surface area contributed by atoms with Crippen molar-refractivity contribution in [3.05, 3.63) is 59.7 Å². The Kier molecular flexibility index (Phi) is 12.9. The lowest BCUT2D eigenvalue weighted by Crippen LogP contribution is -2.40. The Morgan fingerprint density at radius 1 is 0.865 bits per heavy atom. The lowest BCUT2D eigenvalue weighted by Gasteiger charge is -2.28. The molecule has 2 aromatic carbocycles. The Balaban J connectivity index is 0.00000684. The predicted octanol–water partition coefficient (Wildman–Crippen LogP) is 4.17. The molecule has 2 aromatic rings. The summed E-state index contributed by atoms with van der Waals surface area (Å²) in [5.41, 5.74) is 6.67. The molecule has 0 fully saturated rings. The third kappa shape index (κ3) is 9.28. The van der Waals surface area contributed by atoms with E-state index < -0.39 is 42.1 Å². The largest absolute Gasteiger partial charge is 0.513 e. The van der Waals surface area contributed by atoms with Crippen LogP contribution in [-0.4, -0.2) is 55.2 Å². The molecular weight excluding hydrogens is 510 g/mol. The molecule has 37 heavy (non-hydrogen) atoms. The first-order chi connectivity index (χ1) is 17.2. The van der Waals surface area contributed by atoms with E-state index in [0.29, 0.717) is 11.1 Å². The zero-order chi connectivity index (χ0) is 26.7. The zero-order valence-electron chi connectivity index (χ0n) is 20.6. The smallest absolute Gasteiger partial charge is 0.480 e. The normalized spacial score (nSPS) is 12.6. The zero-order valence-corrected chi connectivity index (χ0v) is 21.4. The molecule has 202 valence electrons. The third-order valence-corrected chi connectivity index (χ3v) is 5.04. The van der Waals surface area contributed by atoms with Gasteiger partial charge in [0.05, 0.1) is 25.4 Å². The van der Waals surface area contributed by atoms with Crippen LogP contribution in [0.5, 0.6) is 11.5 Å². The summed E-state index contributed by atoms with van der Waals surface area (Å²) in [5, 5.41) is 9.61. The van der Waals surface area contributed by atoms with E-state index in [1.807, 2.05) is 0 Å². The van der Waals surface area contributed by atoms with Crippen LogP contribution in [0.15, 0.2) is 48.5 Å². The first-order valence-electron chi connectivity index (χ1n) is 11.2. The summed E-state index contributed by atoms with van der Waals surface area (Å²) in [7, 11) is 0. The van der Waals surface area contributed by atoms with Gasteiger partial charge in [0, 0.05) is 5.92 Å². The number of hydrogen-bond acceptors (Lipinski definition) is 10. The van der Waals surface area contributed by atoms with E-state index in [4.69, 9.17) is 29.4 Å². The van der Waals surface area contributed by atoms with E-state index in [-0.39, 0.29) is 43.7 Å². The van der Waals surface area contributed by atoms with E-state index in [2.05, 4.69) is 0 Å². The SMILES string of the molecule is CCOC(=O)Oc1ccc(C([C@H](N)C(=O)O)[C@@H](C)COC(=O)c2ccccc2)cc1OC(=O)OCC.Cl. The van der Waals surface area contributed by atoms with Gasteiger partial charge in [0.2, 0.25) is 0 Å². The summed E-state index contributed by atoms with van der Waals surface area (Å²) in [6.45, 7) is 4.77. The van der Waals surface area contributed by atoms with Crippen LogP contribution in [-0.2, 0) is 19.0 Å². The summed E-state index contributed by atoms with van der Waals surface area (Å²) in [5.74, 6) is -3.69. The molecule has 0 saturated heterocycles. The van der Waals surface area contributed by atoms with Gasteiger partial charge in [0.1, 0.15) is 6.04 Å². The lowest BCUT2D eigenvalue weighted by molar-refractivity contribution is -0.139. The Hall–Kier alpha value is -3.83. The molecule has 12 heteroatoms. The second kappa shape index (κ2) is 15.3.